The van der Waals surface area contributed by atoms with Gasteiger partial charge in [-0.25, -0.2) is 9.59 Å². The molecule has 1 aliphatic rings. The molecule has 0 aromatic heterocycles. The summed E-state index contributed by atoms with van der Waals surface area (Å²) in [5.41, 5.74) is 7.90. The van der Waals surface area contributed by atoms with E-state index in [4.69, 9.17) is 9.84 Å². The number of benzene rings is 6. The molecule has 0 amide bonds. The lowest BCUT2D eigenvalue weighted by Crippen LogP contribution is -2.29. The Morgan fingerprint density at radius 2 is 1.13 bits per heavy atom. The van der Waals surface area contributed by atoms with Crippen molar-refractivity contribution in [1.29, 1.82) is 0 Å². The van der Waals surface area contributed by atoms with Gasteiger partial charge in [-0.2, -0.15) is 0 Å². The predicted molar refractivity (Wildman–Crippen MR) is 179 cm³/mol. The summed E-state index contributed by atoms with van der Waals surface area (Å²) in [6, 6.07) is 47.3. The third kappa shape index (κ3) is 4.84. The molecule has 0 aliphatic heterocycles. The summed E-state index contributed by atoms with van der Waals surface area (Å²) in [6.07, 6.45) is 1.65. The van der Waals surface area contributed by atoms with E-state index in [1.165, 1.54) is 0 Å². The highest BCUT2D eigenvalue weighted by Crippen LogP contribution is 2.58. The molecule has 0 atom stereocenters. The molecule has 0 unspecified atom stereocenters. The molecule has 46 heavy (non-hydrogen) atoms. The van der Waals surface area contributed by atoms with Gasteiger partial charge >= 0.3 is 11.9 Å². The molecule has 0 heterocycles. The van der Waals surface area contributed by atoms with Gasteiger partial charge in [0.2, 0.25) is 0 Å². The number of carbonyl (C=O) groups excluding carboxylic acids is 1. The first-order chi connectivity index (χ1) is 22.5. The van der Waals surface area contributed by atoms with E-state index in [2.05, 4.69) is 24.3 Å². The number of ether oxygens (including phenoxy) is 1. The topological polar surface area (TPSA) is 83.8 Å². The molecule has 0 fully saturated rings. The van der Waals surface area contributed by atoms with Gasteiger partial charge in [0.25, 0.3) is 0 Å². The van der Waals surface area contributed by atoms with Crippen molar-refractivity contribution in [2.75, 3.05) is 0 Å². The lowest BCUT2D eigenvalue weighted by Gasteiger charge is -2.35. The van der Waals surface area contributed by atoms with E-state index < -0.39 is 17.4 Å². The van der Waals surface area contributed by atoms with Crippen molar-refractivity contribution < 1.29 is 24.5 Å². The molecule has 2 N–H and O–H groups in total. The first-order valence-electron chi connectivity index (χ1n) is 14.9. The molecule has 222 valence electrons. The van der Waals surface area contributed by atoms with Gasteiger partial charge in [0.15, 0.2) is 0 Å². The van der Waals surface area contributed by atoms with Crippen LogP contribution in [-0.4, -0.2) is 22.2 Å². The summed E-state index contributed by atoms with van der Waals surface area (Å²) in [4.78, 5) is 24.0. The first-order valence-corrected chi connectivity index (χ1v) is 14.9. The summed E-state index contributed by atoms with van der Waals surface area (Å²) in [5, 5.41) is 21.0. The van der Waals surface area contributed by atoms with Crippen molar-refractivity contribution in [3.8, 4) is 44.9 Å². The third-order valence-electron chi connectivity index (χ3n) is 8.53. The molecular formula is C41H28O5. The third-order valence-corrected chi connectivity index (χ3v) is 8.53. The zero-order valence-electron chi connectivity index (χ0n) is 24.6. The molecule has 0 radical (unpaired) electrons. The van der Waals surface area contributed by atoms with E-state index in [9.17, 15) is 14.7 Å². The summed E-state index contributed by atoms with van der Waals surface area (Å²) in [5.74, 6) is -1.66. The van der Waals surface area contributed by atoms with Crippen LogP contribution in [0.5, 0.6) is 11.5 Å². The lowest BCUT2D eigenvalue weighted by atomic mass is 9.67. The molecule has 6 aromatic carbocycles. The van der Waals surface area contributed by atoms with Crippen LogP contribution in [0, 0.1) is 0 Å². The number of carbonyl (C=O) groups is 2. The molecule has 5 heteroatoms. The molecule has 6 aromatic rings. The summed E-state index contributed by atoms with van der Waals surface area (Å²) >= 11 is 0. The Labute approximate surface area is 266 Å². The van der Waals surface area contributed by atoms with Crippen molar-refractivity contribution in [3.63, 3.8) is 0 Å². The van der Waals surface area contributed by atoms with Crippen LogP contribution >= 0.6 is 0 Å². The Morgan fingerprint density at radius 1 is 0.543 bits per heavy atom. The van der Waals surface area contributed by atoms with Crippen LogP contribution in [0.4, 0.5) is 0 Å². The largest absolute Gasteiger partial charge is 0.508 e. The fraction of sp³-hybridized carbons (Fsp3) is 0.0244. The number of carboxylic acids is 1. The Morgan fingerprint density at radius 3 is 1.74 bits per heavy atom. The normalized spacial score (nSPS) is 12.8. The molecule has 0 saturated heterocycles. The van der Waals surface area contributed by atoms with E-state index in [0.717, 1.165) is 56.7 Å². The van der Waals surface area contributed by atoms with Gasteiger partial charge in [-0.05, 0) is 56.6 Å². The number of esters is 1. The van der Waals surface area contributed by atoms with E-state index in [-0.39, 0.29) is 11.5 Å². The second kappa shape index (κ2) is 11.7. The summed E-state index contributed by atoms with van der Waals surface area (Å²) < 4.78 is 5.86. The zero-order valence-corrected chi connectivity index (χ0v) is 24.6. The van der Waals surface area contributed by atoms with Gasteiger partial charge in [0, 0.05) is 23.3 Å². The number of hydrogen-bond donors (Lipinski definition) is 2. The van der Waals surface area contributed by atoms with Crippen LogP contribution in [0.25, 0.3) is 33.4 Å². The maximum absolute atomic E-state index is 12.9. The van der Waals surface area contributed by atoms with Crippen LogP contribution in [0.15, 0.2) is 158 Å². The number of aliphatic carboxylic acids is 1. The van der Waals surface area contributed by atoms with E-state index in [0.29, 0.717) is 11.1 Å². The summed E-state index contributed by atoms with van der Waals surface area (Å²) in [6.45, 7) is 0. The van der Waals surface area contributed by atoms with Crippen molar-refractivity contribution >= 4 is 11.9 Å². The minimum atomic E-state index is -1.25. The van der Waals surface area contributed by atoms with Gasteiger partial charge in [-0.1, -0.05) is 133 Å². The highest BCUT2D eigenvalue weighted by molar-refractivity contribution is 5.93. The smallest absolute Gasteiger partial charge is 0.336 e. The Hall–Kier alpha value is -6.20. The average molecular weight is 601 g/mol. The molecular weight excluding hydrogens is 572 g/mol. The summed E-state index contributed by atoms with van der Waals surface area (Å²) in [7, 11) is 0. The second-order valence-corrected chi connectivity index (χ2v) is 11.1. The van der Waals surface area contributed by atoms with Crippen molar-refractivity contribution in [2.24, 2.45) is 0 Å². The Balaban J connectivity index is 1.50. The van der Waals surface area contributed by atoms with Gasteiger partial charge < -0.3 is 14.9 Å². The first kappa shape index (κ1) is 28.6. The number of fused-ring (bicyclic) bond motifs is 3. The van der Waals surface area contributed by atoms with Gasteiger partial charge in [-0.3, -0.25) is 0 Å². The van der Waals surface area contributed by atoms with Crippen molar-refractivity contribution in [2.45, 2.75) is 5.41 Å². The molecule has 0 bridgehead atoms. The van der Waals surface area contributed by atoms with Crippen LogP contribution in [0.1, 0.15) is 22.3 Å². The highest BCUT2D eigenvalue weighted by atomic mass is 16.5. The minimum absolute atomic E-state index is 0.128. The molecule has 5 nitrogen and oxygen atoms in total. The average Bonchev–Trinajstić information content (AvgIpc) is 3.39. The second-order valence-electron chi connectivity index (χ2n) is 11.1. The van der Waals surface area contributed by atoms with Crippen LogP contribution in [0.3, 0.4) is 0 Å². The molecule has 7 rings (SSSR count). The monoisotopic (exact) mass is 600 g/mol. The van der Waals surface area contributed by atoms with Crippen LogP contribution < -0.4 is 4.74 Å². The fourth-order valence-electron chi connectivity index (χ4n) is 6.63. The minimum Gasteiger partial charge on any atom is -0.508 e. The quantitative estimate of drug-likeness (QED) is 0.109. The van der Waals surface area contributed by atoms with E-state index in [1.807, 2.05) is 115 Å². The maximum Gasteiger partial charge on any atom is 0.336 e. The van der Waals surface area contributed by atoms with Crippen molar-refractivity contribution in [1.82, 2.24) is 0 Å². The van der Waals surface area contributed by atoms with Gasteiger partial charge in [0.05, 0.1) is 5.41 Å². The van der Waals surface area contributed by atoms with E-state index in [1.54, 1.807) is 6.07 Å². The van der Waals surface area contributed by atoms with Crippen molar-refractivity contribution in [3.05, 3.63) is 180 Å². The SMILES string of the molecule is O=C(O)C=CC(=O)Oc1cc(C2(c3ccc(-c4ccccc4)cc3O)c3ccccc3-c3ccccc32)ccc1-c1ccccc1. The number of phenols is 1. The van der Waals surface area contributed by atoms with Gasteiger partial charge in [-0.15, -0.1) is 0 Å². The van der Waals surface area contributed by atoms with Crippen LogP contribution in [-0.2, 0) is 15.0 Å². The highest BCUT2D eigenvalue weighted by Gasteiger charge is 2.47. The molecule has 0 saturated carbocycles. The molecule has 1 aliphatic carbocycles. The van der Waals surface area contributed by atoms with E-state index >= 15 is 0 Å². The van der Waals surface area contributed by atoms with Crippen LogP contribution in [0.2, 0.25) is 0 Å². The number of aromatic hydroxyl groups is 1. The Kier molecular flexibility index (Phi) is 7.27. The van der Waals surface area contributed by atoms with Gasteiger partial charge in [0.1, 0.15) is 11.5 Å². The number of rotatable bonds is 7. The lowest BCUT2D eigenvalue weighted by molar-refractivity contribution is -0.133. The molecule has 0 spiro atoms. The number of hydrogen-bond acceptors (Lipinski definition) is 4. The standard InChI is InChI=1S/C41H28O5/c42-37-25-29(27-11-3-1-4-12-27)19-22-36(37)41(34-17-9-7-15-32(34)33-16-8-10-18-35(33)41)30-20-21-31(28-13-5-2-6-14-28)38(26-30)46-40(45)24-23-39(43)44/h1-26,42H,(H,43,44). The number of carboxylic acid groups (broad SMARTS) is 1. The predicted octanol–water partition coefficient (Wildman–Crippen LogP) is 8.64. The maximum atomic E-state index is 12.9. The number of phenolic OH excluding ortho intramolecular Hbond substituents is 1. The fourth-order valence-corrected chi connectivity index (χ4v) is 6.63. The Bertz CT molecular complexity index is 2080. The zero-order chi connectivity index (χ0) is 31.7.